The Bertz CT molecular complexity index is 330. The molecule has 0 aliphatic heterocycles. The maximum absolute atomic E-state index is 12.6. The second-order valence-corrected chi connectivity index (χ2v) is 3.87. The highest BCUT2D eigenvalue weighted by Gasteiger charge is 2.50. The van der Waals surface area contributed by atoms with Crippen molar-refractivity contribution >= 4 is 6.29 Å². The largest absolute Gasteiger partial charge is 0.303 e. The van der Waals surface area contributed by atoms with E-state index in [0.29, 0.717) is 0 Å². The van der Waals surface area contributed by atoms with Gasteiger partial charge in [-0.1, -0.05) is 19.1 Å². The molecule has 1 saturated carbocycles. The fraction of sp³-hybridized carbons (Fsp3) is 0.364. The van der Waals surface area contributed by atoms with Gasteiger partial charge in [0.25, 0.3) is 0 Å². The summed E-state index contributed by atoms with van der Waals surface area (Å²) >= 11 is 0. The molecule has 0 heterocycles. The molecule has 1 aromatic rings. The number of halogens is 1. The van der Waals surface area contributed by atoms with Crippen LogP contribution >= 0.6 is 0 Å². The van der Waals surface area contributed by atoms with E-state index < -0.39 is 0 Å². The molecule has 1 fully saturated rings. The number of hydrogen-bond acceptors (Lipinski definition) is 1. The lowest BCUT2D eigenvalue weighted by molar-refractivity contribution is -0.109. The van der Waals surface area contributed by atoms with Gasteiger partial charge in [0.1, 0.15) is 12.1 Å². The molecule has 1 nitrogen and oxygen atoms in total. The third-order valence-corrected chi connectivity index (χ3v) is 2.97. The molecule has 1 aromatic carbocycles. The van der Waals surface area contributed by atoms with Gasteiger partial charge in [-0.15, -0.1) is 0 Å². The molecule has 0 amide bonds. The van der Waals surface area contributed by atoms with Gasteiger partial charge in [0, 0.05) is 11.3 Å². The molecule has 0 N–H and O–H groups in total. The molecule has 0 radical (unpaired) electrons. The minimum Gasteiger partial charge on any atom is -0.303 e. The van der Waals surface area contributed by atoms with E-state index in [0.717, 1.165) is 18.3 Å². The van der Waals surface area contributed by atoms with Crippen molar-refractivity contribution in [3.8, 4) is 0 Å². The van der Waals surface area contributed by atoms with Crippen LogP contribution in [0.15, 0.2) is 24.3 Å². The molecular formula is C11H11FO. The Kier molecular flexibility index (Phi) is 1.72. The van der Waals surface area contributed by atoms with E-state index in [4.69, 9.17) is 0 Å². The second kappa shape index (κ2) is 2.66. The van der Waals surface area contributed by atoms with Gasteiger partial charge in [-0.2, -0.15) is 0 Å². The number of rotatable bonds is 2. The summed E-state index contributed by atoms with van der Waals surface area (Å²) in [7, 11) is 0. The Balaban J connectivity index is 2.27. The molecule has 0 aromatic heterocycles. The summed E-state index contributed by atoms with van der Waals surface area (Å²) < 4.78 is 12.6. The van der Waals surface area contributed by atoms with Crippen LogP contribution in [0.25, 0.3) is 0 Å². The summed E-state index contributed by atoms with van der Waals surface area (Å²) in [6.45, 7) is 2.04. The Hall–Kier alpha value is -1.18. The third-order valence-electron chi connectivity index (χ3n) is 2.97. The first kappa shape index (κ1) is 8.42. The number of hydrogen-bond donors (Lipinski definition) is 0. The third kappa shape index (κ3) is 1.26. The van der Waals surface area contributed by atoms with Gasteiger partial charge in [-0.05, 0) is 24.1 Å². The predicted molar refractivity (Wildman–Crippen MR) is 47.9 cm³/mol. The van der Waals surface area contributed by atoms with Crippen LogP contribution in [-0.4, -0.2) is 6.29 Å². The van der Waals surface area contributed by atoms with E-state index in [2.05, 4.69) is 0 Å². The van der Waals surface area contributed by atoms with Crippen molar-refractivity contribution in [2.45, 2.75) is 18.8 Å². The molecule has 1 aliphatic rings. The molecule has 0 saturated heterocycles. The van der Waals surface area contributed by atoms with E-state index in [1.807, 2.05) is 6.92 Å². The first-order valence-electron chi connectivity index (χ1n) is 4.38. The van der Waals surface area contributed by atoms with Crippen LogP contribution in [0.4, 0.5) is 4.39 Å². The molecule has 2 heteroatoms. The van der Waals surface area contributed by atoms with Crippen LogP contribution in [0.1, 0.15) is 18.9 Å². The molecule has 68 valence electrons. The zero-order chi connectivity index (χ0) is 9.47. The lowest BCUT2D eigenvalue weighted by atomic mass is 9.96. The highest BCUT2D eigenvalue weighted by atomic mass is 19.1. The normalized spacial score (nSPS) is 31.4. The topological polar surface area (TPSA) is 17.1 Å². The number of carbonyl (C=O) groups excluding carboxylic acids is 1. The van der Waals surface area contributed by atoms with Crippen molar-refractivity contribution in [2.75, 3.05) is 0 Å². The maximum atomic E-state index is 12.6. The summed E-state index contributed by atoms with van der Waals surface area (Å²) in [5.41, 5.74) is 1.03. The van der Waals surface area contributed by atoms with Gasteiger partial charge in [-0.25, -0.2) is 4.39 Å². The lowest BCUT2D eigenvalue weighted by Crippen LogP contribution is -2.04. The van der Waals surface area contributed by atoms with Crippen molar-refractivity contribution < 1.29 is 9.18 Å². The SMILES string of the molecule is C[C@]1(c2ccc(F)cc2)C[C@@H]1C=O. The van der Waals surface area contributed by atoms with Crippen LogP contribution in [-0.2, 0) is 10.2 Å². The summed E-state index contributed by atoms with van der Waals surface area (Å²) in [5, 5.41) is 0. The standard InChI is InChI=1S/C11H11FO/c1-11(6-9(11)7-13)8-2-4-10(12)5-3-8/h2-5,7,9H,6H2,1H3/t9-,11-/m1/s1. The lowest BCUT2D eigenvalue weighted by Gasteiger charge is -2.08. The van der Waals surface area contributed by atoms with E-state index >= 15 is 0 Å². The minimum absolute atomic E-state index is 0.0323. The molecule has 2 atom stereocenters. The smallest absolute Gasteiger partial charge is 0.123 e. The summed E-state index contributed by atoms with van der Waals surface area (Å²) in [6, 6.07) is 6.42. The Morgan fingerprint density at radius 3 is 2.54 bits per heavy atom. The Labute approximate surface area is 76.6 Å². The second-order valence-electron chi connectivity index (χ2n) is 3.87. The van der Waals surface area contributed by atoms with Crippen LogP contribution in [0, 0.1) is 11.7 Å². The number of aldehydes is 1. The number of benzene rings is 1. The van der Waals surface area contributed by atoms with Gasteiger partial charge in [0.05, 0.1) is 0 Å². The maximum Gasteiger partial charge on any atom is 0.123 e. The Morgan fingerprint density at radius 2 is 2.08 bits per heavy atom. The van der Waals surface area contributed by atoms with E-state index in [1.54, 1.807) is 12.1 Å². The molecule has 1 aliphatic carbocycles. The zero-order valence-electron chi connectivity index (χ0n) is 7.46. The van der Waals surface area contributed by atoms with Crippen molar-refractivity contribution in [1.82, 2.24) is 0 Å². The molecule has 13 heavy (non-hydrogen) atoms. The summed E-state index contributed by atoms with van der Waals surface area (Å²) in [6.07, 6.45) is 1.88. The quantitative estimate of drug-likeness (QED) is 0.635. The summed E-state index contributed by atoms with van der Waals surface area (Å²) in [5.74, 6) is -0.103. The molecular weight excluding hydrogens is 167 g/mol. The highest BCUT2D eigenvalue weighted by Crippen LogP contribution is 2.52. The van der Waals surface area contributed by atoms with Gasteiger partial charge in [-0.3, -0.25) is 0 Å². The Morgan fingerprint density at radius 1 is 1.46 bits per heavy atom. The average Bonchev–Trinajstić information content (AvgIpc) is 2.80. The average molecular weight is 178 g/mol. The molecule has 2 rings (SSSR count). The number of carbonyl (C=O) groups is 1. The highest BCUT2D eigenvalue weighted by molar-refractivity contribution is 5.64. The monoisotopic (exact) mass is 178 g/mol. The van der Waals surface area contributed by atoms with Crippen LogP contribution < -0.4 is 0 Å². The first-order chi connectivity index (χ1) is 6.16. The molecule has 0 unspecified atom stereocenters. The van der Waals surface area contributed by atoms with Gasteiger partial charge in [0.2, 0.25) is 0 Å². The van der Waals surface area contributed by atoms with Crippen molar-refractivity contribution in [1.29, 1.82) is 0 Å². The van der Waals surface area contributed by atoms with Crippen molar-refractivity contribution in [2.24, 2.45) is 5.92 Å². The van der Waals surface area contributed by atoms with Crippen LogP contribution in [0.5, 0.6) is 0 Å². The fourth-order valence-corrected chi connectivity index (χ4v) is 1.76. The van der Waals surface area contributed by atoms with Gasteiger partial charge in [0.15, 0.2) is 0 Å². The van der Waals surface area contributed by atoms with Crippen LogP contribution in [0.3, 0.4) is 0 Å². The fourth-order valence-electron chi connectivity index (χ4n) is 1.76. The van der Waals surface area contributed by atoms with E-state index in [-0.39, 0.29) is 17.2 Å². The van der Waals surface area contributed by atoms with Gasteiger partial charge >= 0.3 is 0 Å². The first-order valence-corrected chi connectivity index (χ1v) is 4.38. The minimum atomic E-state index is -0.226. The summed E-state index contributed by atoms with van der Waals surface area (Å²) in [4.78, 5) is 10.5. The molecule has 0 bridgehead atoms. The molecule has 0 spiro atoms. The zero-order valence-corrected chi connectivity index (χ0v) is 7.46. The predicted octanol–water partition coefficient (Wildman–Crippen LogP) is 2.30. The van der Waals surface area contributed by atoms with Crippen molar-refractivity contribution in [3.63, 3.8) is 0 Å². The van der Waals surface area contributed by atoms with Crippen molar-refractivity contribution in [3.05, 3.63) is 35.6 Å². The van der Waals surface area contributed by atoms with E-state index in [1.165, 1.54) is 12.1 Å². The van der Waals surface area contributed by atoms with Crippen LogP contribution in [0.2, 0.25) is 0 Å². The van der Waals surface area contributed by atoms with E-state index in [9.17, 15) is 9.18 Å². The van der Waals surface area contributed by atoms with Gasteiger partial charge < -0.3 is 4.79 Å².